The van der Waals surface area contributed by atoms with Crippen molar-refractivity contribution in [3.63, 3.8) is 0 Å². The second-order valence-corrected chi connectivity index (χ2v) is 4.47. The highest BCUT2D eigenvalue weighted by atomic mass is 32.2. The lowest BCUT2D eigenvalue weighted by Crippen LogP contribution is -2.09. The fraction of sp³-hybridized carbons (Fsp3) is 0.455. The first-order chi connectivity index (χ1) is 8.86. The molecular formula is C11H13F3N2O2S. The zero-order chi connectivity index (χ0) is 14.5. The second-order valence-electron chi connectivity index (χ2n) is 3.47. The molecular weight excluding hydrogens is 281 g/mol. The van der Waals surface area contributed by atoms with Crippen molar-refractivity contribution in [1.29, 1.82) is 0 Å². The molecule has 0 spiro atoms. The molecule has 0 saturated heterocycles. The zero-order valence-corrected chi connectivity index (χ0v) is 11.2. The maximum atomic E-state index is 12.7. The number of thioether (sulfide) groups is 1. The molecule has 0 fully saturated rings. The molecule has 1 aromatic heterocycles. The summed E-state index contributed by atoms with van der Waals surface area (Å²) < 4.78 is 42.5. The Hall–Kier alpha value is -1.44. The minimum atomic E-state index is -4.45. The minimum absolute atomic E-state index is 0.0869. The normalized spacial score (nSPS) is 11.2. The SMILES string of the molecule is CCNc1cc(C(F)(F)F)cc(SCC(=O)OC)n1. The van der Waals surface area contributed by atoms with Gasteiger partial charge in [-0.05, 0) is 19.1 Å². The molecule has 0 radical (unpaired) electrons. The Morgan fingerprint density at radius 1 is 1.47 bits per heavy atom. The first kappa shape index (κ1) is 15.6. The van der Waals surface area contributed by atoms with Gasteiger partial charge in [0.1, 0.15) is 5.82 Å². The Morgan fingerprint density at radius 3 is 2.68 bits per heavy atom. The Balaban J connectivity index is 2.96. The average Bonchev–Trinajstić information content (AvgIpc) is 2.35. The summed E-state index contributed by atoms with van der Waals surface area (Å²) >= 11 is 0.898. The van der Waals surface area contributed by atoms with Crippen molar-refractivity contribution in [3.8, 4) is 0 Å². The van der Waals surface area contributed by atoms with Crippen molar-refractivity contribution in [2.45, 2.75) is 18.1 Å². The van der Waals surface area contributed by atoms with Crippen molar-refractivity contribution in [2.24, 2.45) is 0 Å². The number of hydrogen-bond donors (Lipinski definition) is 1. The van der Waals surface area contributed by atoms with Crippen molar-refractivity contribution in [1.82, 2.24) is 4.98 Å². The van der Waals surface area contributed by atoms with E-state index in [4.69, 9.17) is 0 Å². The highest BCUT2D eigenvalue weighted by molar-refractivity contribution is 7.99. The monoisotopic (exact) mass is 294 g/mol. The summed E-state index contributed by atoms with van der Waals surface area (Å²) in [4.78, 5) is 15.0. The molecule has 0 unspecified atom stereocenters. The molecule has 1 heterocycles. The van der Waals surface area contributed by atoms with Crippen molar-refractivity contribution in [3.05, 3.63) is 17.7 Å². The minimum Gasteiger partial charge on any atom is -0.468 e. The fourth-order valence-corrected chi connectivity index (χ4v) is 1.96. The maximum absolute atomic E-state index is 12.7. The number of carbonyl (C=O) groups is 1. The number of esters is 1. The molecule has 1 aromatic rings. The maximum Gasteiger partial charge on any atom is 0.416 e. The van der Waals surface area contributed by atoms with Crippen LogP contribution in [0.1, 0.15) is 12.5 Å². The van der Waals surface area contributed by atoms with Gasteiger partial charge in [0.2, 0.25) is 0 Å². The molecule has 0 aromatic carbocycles. The summed E-state index contributed by atoms with van der Waals surface area (Å²) in [5, 5.41) is 2.84. The van der Waals surface area contributed by atoms with Gasteiger partial charge in [0.25, 0.3) is 0 Å². The Bertz CT molecular complexity index is 452. The first-order valence-electron chi connectivity index (χ1n) is 5.39. The topological polar surface area (TPSA) is 51.2 Å². The number of halogens is 3. The van der Waals surface area contributed by atoms with Crippen LogP contribution in [0.25, 0.3) is 0 Å². The van der Waals surface area contributed by atoms with Gasteiger partial charge in [-0.15, -0.1) is 0 Å². The molecule has 0 saturated carbocycles. The van der Waals surface area contributed by atoms with Crippen LogP contribution < -0.4 is 5.32 Å². The summed E-state index contributed by atoms with van der Waals surface area (Å²) in [5.74, 6) is -0.477. The number of rotatable bonds is 5. The van der Waals surface area contributed by atoms with Crippen LogP contribution in [-0.2, 0) is 15.7 Å². The Kier molecular flexibility index (Phi) is 5.46. The largest absolute Gasteiger partial charge is 0.468 e. The quantitative estimate of drug-likeness (QED) is 0.668. The summed E-state index contributed by atoms with van der Waals surface area (Å²) in [6.45, 7) is 2.21. The summed E-state index contributed by atoms with van der Waals surface area (Å²) in [5.41, 5.74) is -0.800. The van der Waals surface area contributed by atoms with E-state index in [1.807, 2.05) is 0 Å². The van der Waals surface area contributed by atoms with Gasteiger partial charge in [0.15, 0.2) is 0 Å². The van der Waals surface area contributed by atoms with E-state index in [1.165, 1.54) is 7.11 Å². The fourth-order valence-electron chi connectivity index (χ4n) is 1.21. The van der Waals surface area contributed by atoms with Gasteiger partial charge in [0, 0.05) is 6.54 Å². The number of ether oxygens (including phenoxy) is 1. The van der Waals surface area contributed by atoms with Crippen LogP contribution in [0, 0.1) is 0 Å². The third kappa shape index (κ3) is 4.98. The lowest BCUT2D eigenvalue weighted by atomic mass is 10.2. The van der Waals surface area contributed by atoms with E-state index >= 15 is 0 Å². The van der Waals surface area contributed by atoms with Crippen LogP contribution in [0.2, 0.25) is 0 Å². The van der Waals surface area contributed by atoms with E-state index in [1.54, 1.807) is 6.92 Å². The van der Waals surface area contributed by atoms with Gasteiger partial charge in [-0.2, -0.15) is 13.2 Å². The highest BCUT2D eigenvalue weighted by Gasteiger charge is 2.31. The van der Waals surface area contributed by atoms with Crippen LogP contribution >= 0.6 is 11.8 Å². The number of pyridine rings is 1. The number of aromatic nitrogens is 1. The predicted octanol–water partition coefficient (Wildman–Crippen LogP) is 2.80. The van der Waals surface area contributed by atoms with E-state index in [0.717, 1.165) is 23.9 Å². The molecule has 1 rings (SSSR count). The van der Waals surface area contributed by atoms with Crippen LogP contribution in [0.3, 0.4) is 0 Å². The number of carbonyl (C=O) groups excluding carboxylic acids is 1. The summed E-state index contributed by atoms with van der Waals surface area (Å²) in [7, 11) is 1.21. The van der Waals surface area contributed by atoms with Crippen molar-refractivity contribution in [2.75, 3.05) is 24.7 Å². The zero-order valence-electron chi connectivity index (χ0n) is 10.4. The molecule has 0 bridgehead atoms. The Labute approximate surface area is 112 Å². The molecule has 0 aliphatic rings. The molecule has 0 atom stereocenters. The van der Waals surface area contributed by atoms with Crippen molar-refractivity contribution >= 4 is 23.5 Å². The van der Waals surface area contributed by atoms with E-state index in [2.05, 4.69) is 15.0 Å². The lowest BCUT2D eigenvalue weighted by Gasteiger charge is -2.11. The summed E-state index contributed by atoms with van der Waals surface area (Å²) in [6.07, 6.45) is -4.45. The van der Waals surface area contributed by atoms with E-state index in [0.29, 0.717) is 6.54 Å². The third-order valence-corrected chi connectivity index (χ3v) is 2.94. The van der Waals surface area contributed by atoms with Crippen molar-refractivity contribution < 1.29 is 22.7 Å². The van der Waals surface area contributed by atoms with Gasteiger partial charge in [0.05, 0.1) is 23.5 Å². The van der Waals surface area contributed by atoms with Gasteiger partial charge in [-0.1, -0.05) is 11.8 Å². The predicted molar refractivity (Wildman–Crippen MR) is 66.1 cm³/mol. The Morgan fingerprint density at radius 2 is 2.16 bits per heavy atom. The molecule has 19 heavy (non-hydrogen) atoms. The van der Waals surface area contributed by atoms with E-state index in [9.17, 15) is 18.0 Å². The molecule has 1 N–H and O–H groups in total. The van der Waals surface area contributed by atoms with Crippen LogP contribution in [0.5, 0.6) is 0 Å². The average molecular weight is 294 g/mol. The number of nitrogens with one attached hydrogen (secondary N) is 1. The standard InChI is InChI=1S/C11H13F3N2O2S/c1-3-15-8-4-7(11(12,13)14)5-9(16-8)19-6-10(17)18-2/h4-5H,3,6H2,1-2H3,(H,15,16). The second kappa shape index (κ2) is 6.65. The number of nitrogens with zero attached hydrogens (tertiary/aromatic N) is 1. The molecule has 8 heteroatoms. The molecule has 4 nitrogen and oxygen atoms in total. The molecule has 0 amide bonds. The van der Waals surface area contributed by atoms with E-state index < -0.39 is 17.7 Å². The number of alkyl halides is 3. The van der Waals surface area contributed by atoms with Crippen LogP contribution in [0.4, 0.5) is 19.0 Å². The van der Waals surface area contributed by atoms with Gasteiger partial charge >= 0.3 is 12.1 Å². The molecule has 0 aliphatic carbocycles. The summed E-state index contributed by atoms with van der Waals surface area (Å²) in [6, 6.07) is 1.85. The van der Waals surface area contributed by atoms with Gasteiger partial charge < -0.3 is 10.1 Å². The van der Waals surface area contributed by atoms with Crippen LogP contribution in [0.15, 0.2) is 17.2 Å². The van der Waals surface area contributed by atoms with Gasteiger partial charge in [-0.3, -0.25) is 4.79 Å². The highest BCUT2D eigenvalue weighted by Crippen LogP contribution is 2.33. The smallest absolute Gasteiger partial charge is 0.416 e. The van der Waals surface area contributed by atoms with E-state index in [-0.39, 0.29) is 16.6 Å². The van der Waals surface area contributed by atoms with Gasteiger partial charge in [-0.25, -0.2) is 4.98 Å². The lowest BCUT2D eigenvalue weighted by molar-refractivity contribution is -0.138. The number of anilines is 1. The first-order valence-corrected chi connectivity index (χ1v) is 6.38. The van der Waals surface area contributed by atoms with Crippen LogP contribution in [-0.4, -0.2) is 30.4 Å². The number of methoxy groups -OCH3 is 1. The molecule has 106 valence electrons. The molecule has 0 aliphatic heterocycles. The number of hydrogen-bond acceptors (Lipinski definition) is 5. The third-order valence-electron chi connectivity index (χ3n) is 2.05.